The monoisotopic (exact) mass is 391 g/mol. The molecule has 1 atom stereocenters. The Kier molecular flexibility index (Phi) is 4.64. The molecule has 0 aliphatic heterocycles. The van der Waals surface area contributed by atoms with E-state index in [1.165, 1.54) is 10.6 Å². The summed E-state index contributed by atoms with van der Waals surface area (Å²) in [5, 5.41) is 6.55. The Hall–Kier alpha value is -0.170. The van der Waals surface area contributed by atoms with Crippen LogP contribution in [0.3, 0.4) is 0 Å². The van der Waals surface area contributed by atoms with Gasteiger partial charge in [0, 0.05) is 33.7 Å². The Morgan fingerprint density at radius 2 is 2.22 bits per heavy atom. The summed E-state index contributed by atoms with van der Waals surface area (Å²) < 4.78 is 4.19. The predicted octanol–water partition coefficient (Wildman–Crippen LogP) is 4.04. The van der Waals surface area contributed by atoms with Gasteiger partial charge in [0.2, 0.25) is 0 Å². The molecule has 6 heteroatoms. The molecule has 0 fully saturated rings. The highest BCUT2D eigenvalue weighted by molar-refractivity contribution is 9.10. The lowest BCUT2D eigenvalue weighted by molar-refractivity contribution is 0.589. The van der Waals surface area contributed by atoms with Crippen molar-refractivity contribution in [2.45, 2.75) is 32.9 Å². The first-order valence-electron chi connectivity index (χ1n) is 5.74. The molecule has 0 saturated heterocycles. The first kappa shape index (κ1) is 14.2. The molecule has 98 valence electrons. The third-order valence-corrected chi connectivity index (χ3v) is 5.68. The van der Waals surface area contributed by atoms with Crippen LogP contribution < -0.4 is 5.73 Å². The van der Waals surface area contributed by atoms with Crippen molar-refractivity contribution in [3.63, 3.8) is 0 Å². The minimum atomic E-state index is 0.0130. The van der Waals surface area contributed by atoms with Gasteiger partial charge in [-0.25, -0.2) is 0 Å². The molecule has 0 bridgehead atoms. The van der Waals surface area contributed by atoms with E-state index in [-0.39, 0.29) is 6.04 Å². The van der Waals surface area contributed by atoms with Crippen LogP contribution in [0, 0.1) is 6.92 Å². The quantitative estimate of drug-likeness (QED) is 0.853. The summed E-state index contributed by atoms with van der Waals surface area (Å²) in [6.45, 7) is 4.96. The molecular weight excluding hydrogens is 378 g/mol. The number of halogens is 2. The third-order valence-electron chi connectivity index (χ3n) is 2.82. The van der Waals surface area contributed by atoms with E-state index in [2.05, 4.69) is 55.3 Å². The van der Waals surface area contributed by atoms with E-state index >= 15 is 0 Å². The van der Waals surface area contributed by atoms with Gasteiger partial charge in [-0.1, -0.05) is 0 Å². The smallest absolute Gasteiger partial charge is 0.0738 e. The summed E-state index contributed by atoms with van der Waals surface area (Å²) in [5.74, 6) is 0. The summed E-state index contributed by atoms with van der Waals surface area (Å²) in [6, 6.07) is 2.10. The first-order chi connectivity index (χ1) is 8.52. The molecule has 0 radical (unpaired) electrons. The fraction of sp³-hybridized carbons (Fsp3) is 0.417. The van der Waals surface area contributed by atoms with Gasteiger partial charge in [-0.15, -0.1) is 11.3 Å². The number of aromatic nitrogens is 2. The molecule has 3 nitrogen and oxygen atoms in total. The Morgan fingerprint density at radius 3 is 2.78 bits per heavy atom. The van der Waals surface area contributed by atoms with Gasteiger partial charge < -0.3 is 5.73 Å². The van der Waals surface area contributed by atoms with Crippen LogP contribution in [0.4, 0.5) is 0 Å². The van der Waals surface area contributed by atoms with Crippen LogP contribution in [0.15, 0.2) is 20.4 Å². The molecule has 2 heterocycles. The normalized spacial score (nSPS) is 12.9. The Morgan fingerprint density at radius 1 is 1.50 bits per heavy atom. The second-order valence-corrected chi connectivity index (χ2v) is 6.79. The average molecular weight is 393 g/mol. The van der Waals surface area contributed by atoms with Gasteiger partial charge in [-0.05, 0) is 51.8 Å². The van der Waals surface area contributed by atoms with Crippen LogP contribution in [0.25, 0.3) is 0 Å². The molecule has 2 aromatic heterocycles. The van der Waals surface area contributed by atoms with Crippen molar-refractivity contribution in [2.75, 3.05) is 0 Å². The van der Waals surface area contributed by atoms with Crippen LogP contribution in [-0.2, 0) is 13.0 Å². The molecule has 18 heavy (non-hydrogen) atoms. The highest BCUT2D eigenvalue weighted by Gasteiger charge is 2.17. The van der Waals surface area contributed by atoms with Gasteiger partial charge in [0.05, 0.1) is 15.9 Å². The number of hydrogen-bond donors (Lipinski definition) is 1. The molecule has 0 saturated carbocycles. The van der Waals surface area contributed by atoms with Gasteiger partial charge in [-0.3, -0.25) is 4.68 Å². The third kappa shape index (κ3) is 2.87. The molecular formula is C12H15Br2N3S. The summed E-state index contributed by atoms with van der Waals surface area (Å²) in [7, 11) is 0. The summed E-state index contributed by atoms with van der Waals surface area (Å²) >= 11 is 8.75. The Bertz CT molecular complexity index is 548. The van der Waals surface area contributed by atoms with Crippen LogP contribution in [0.5, 0.6) is 0 Å². The van der Waals surface area contributed by atoms with Crippen LogP contribution in [0.1, 0.15) is 29.2 Å². The van der Waals surface area contributed by atoms with Crippen molar-refractivity contribution in [2.24, 2.45) is 5.73 Å². The Balaban J connectivity index is 2.23. The molecule has 1 unspecified atom stereocenters. The highest BCUT2D eigenvalue weighted by atomic mass is 79.9. The van der Waals surface area contributed by atoms with Crippen LogP contribution in [-0.4, -0.2) is 9.78 Å². The average Bonchev–Trinajstić information content (AvgIpc) is 2.88. The molecule has 0 aliphatic carbocycles. The van der Waals surface area contributed by atoms with Crippen molar-refractivity contribution >= 4 is 43.2 Å². The van der Waals surface area contributed by atoms with Gasteiger partial charge >= 0.3 is 0 Å². The minimum absolute atomic E-state index is 0.0130. The maximum Gasteiger partial charge on any atom is 0.0738 e. The van der Waals surface area contributed by atoms with E-state index in [4.69, 9.17) is 5.73 Å². The number of hydrogen-bond acceptors (Lipinski definition) is 3. The number of nitrogens with zero attached hydrogens (tertiary/aromatic N) is 2. The second kappa shape index (κ2) is 5.86. The lowest BCUT2D eigenvalue weighted by atomic mass is 10.1. The van der Waals surface area contributed by atoms with Gasteiger partial charge in [0.15, 0.2) is 0 Å². The summed E-state index contributed by atoms with van der Waals surface area (Å²) in [6.07, 6.45) is 0.794. The maximum absolute atomic E-state index is 6.27. The zero-order chi connectivity index (χ0) is 13.3. The largest absolute Gasteiger partial charge is 0.323 e. The minimum Gasteiger partial charge on any atom is -0.323 e. The molecule has 0 aromatic carbocycles. The number of nitrogens with two attached hydrogens (primary N) is 1. The second-order valence-electron chi connectivity index (χ2n) is 4.14. The van der Waals surface area contributed by atoms with Gasteiger partial charge in [-0.2, -0.15) is 5.10 Å². The fourth-order valence-electron chi connectivity index (χ4n) is 1.90. The Labute approximate surface area is 128 Å². The molecule has 2 aromatic rings. The van der Waals surface area contributed by atoms with Crippen molar-refractivity contribution < 1.29 is 0 Å². The zero-order valence-electron chi connectivity index (χ0n) is 10.3. The predicted molar refractivity (Wildman–Crippen MR) is 83.0 cm³/mol. The van der Waals surface area contributed by atoms with E-state index in [1.807, 2.05) is 11.6 Å². The summed E-state index contributed by atoms with van der Waals surface area (Å²) in [4.78, 5) is 1.19. The zero-order valence-corrected chi connectivity index (χ0v) is 14.3. The summed E-state index contributed by atoms with van der Waals surface area (Å²) in [5.41, 5.74) is 8.46. The fourth-order valence-corrected chi connectivity index (χ4v) is 3.79. The van der Waals surface area contributed by atoms with Gasteiger partial charge in [0.1, 0.15) is 0 Å². The number of thiophene rings is 1. The van der Waals surface area contributed by atoms with Gasteiger partial charge in [0.25, 0.3) is 0 Å². The van der Waals surface area contributed by atoms with E-state index < -0.39 is 0 Å². The lowest BCUT2D eigenvalue weighted by Gasteiger charge is -2.11. The molecule has 2 N–H and O–H groups in total. The van der Waals surface area contributed by atoms with E-state index in [0.29, 0.717) is 0 Å². The topological polar surface area (TPSA) is 43.8 Å². The molecule has 0 aliphatic rings. The number of aryl methyl sites for hydroxylation is 2. The van der Waals surface area contributed by atoms with E-state index in [9.17, 15) is 0 Å². The number of rotatable bonds is 4. The van der Waals surface area contributed by atoms with Crippen LogP contribution in [0.2, 0.25) is 0 Å². The van der Waals surface area contributed by atoms with Crippen molar-refractivity contribution in [1.29, 1.82) is 0 Å². The lowest BCUT2D eigenvalue weighted by Crippen LogP contribution is -2.15. The SMILES string of the molecule is CCn1nc(C)c(Br)c1CC(N)c1cc(Br)cs1. The molecule has 2 rings (SSSR count). The standard InChI is InChI=1S/C12H15Br2N3S/c1-3-17-10(12(14)7(2)16-17)5-9(15)11-4-8(13)6-18-11/h4,6,9H,3,5,15H2,1-2H3. The van der Waals surface area contributed by atoms with Crippen molar-refractivity contribution in [3.05, 3.63) is 36.7 Å². The van der Waals surface area contributed by atoms with E-state index in [0.717, 1.165) is 27.6 Å². The highest BCUT2D eigenvalue weighted by Crippen LogP contribution is 2.29. The van der Waals surface area contributed by atoms with Crippen LogP contribution >= 0.6 is 43.2 Å². The first-order valence-corrected chi connectivity index (χ1v) is 8.20. The molecule has 0 spiro atoms. The van der Waals surface area contributed by atoms with Crippen molar-refractivity contribution in [3.8, 4) is 0 Å². The van der Waals surface area contributed by atoms with E-state index in [1.54, 1.807) is 11.3 Å². The maximum atomic E-state index is 6.27. The molecule has 0 amide bonds. The van der Waals surface area contributed by atoms with Crippen molar-refractivity contribution in [1.82, 2.24) is 9.78 Å².